The molecule has 1 aliphatic rings. The van der Waals surface area contributed by atoms with Gasteiger partial charge in [-0.1, -0.05) is 0 Å². The molecule has 4 rings (SSSR count). The van der Waals surface area contributed by atoms with Crippen molar-refractivity contribution in [1.82, 2.24) is 9.97 Å². The number of methoxy groups -OCH3 is 2. The molecule has 1 N–H and O–H groups in total. The van der Waals surface area contributed by atoms with E-state index in [1.807, 2.05) is 0 Å². The Morgan fingerprint density at radius 2 is 1.68 bits per heavy atom. The average Bonchev–Trinajstić information content (AvgIpc) is 3.73. The summed E-state index contributed by atoms with van der Waals surface area (Å²) in [7, 11) is 2.21. The van der Waals surface area contributed by atoms with Crippen LogP contribution in [-0.4, -0.2) is 42.4 Å². The van der Waals surface area contributed by atoms with Gasteiger partial charge in [-0.2, -0.15) is 13.2 Å². The maximum absolute atomic E-state index is 13.9. The van der Waals surface area contributed by atoms with Crippen molar-refractivity contribution in [2.45, 2.75) is 31.3 Å². The number of hydrogen-bond donors (Lipinski definition) is 1. The molecule has 0 unspecified atom stereocenters. The number of nitrogens with zero attached hydrogens (tertiary/aromatic N) is 2. The zero-order chi connectivity index (χ0) is 29.2. The van der Waals surface area contributed by atoms with Gasteiger partial charge in [0.05, 0.1) is 25.5 Å². The Hall–Kier alpha value is -4.56. The molecule has 0 saturated heterocycles. The SMILES string of the molecule is COC(=O)c1cc(NC(=O)c2nc(C3CC3)c(C(F)(F)F)cc2Oc2ccc(OC(F)(F)F)cc2OC)ccn1. The zero-order valence-corrected chi connectivity index (χ0v) is 20.6. The summed E-state index contributed by atoms with van der Waals surface area (Å²) in [5.74, 6) is -4.30. The van der Waals surface area contributed by atoms with Crippen LogP contribution in [0.25, 0.3) is 0 Å². The Labute approximate surface area is 222 Å². The second-order valence-corrected chi connectivity index (χ2v) is 8.38. The van der Waals surface area contributed by atoms with Gasteiger partial charge >= 0.3 is 18.5 Å². The van der Waals surface area contributed by atoms with Gasteiger partial charge in [0.2, 0.25) is 0 Å². The number of benzene rings is 1. The Kier molecular flexibility index (Phi) is 7.75. The van der Waals surface area contributed by atoms with Gasteiger partial charge in [0.1, 0.15) is 11.4 Å². The molecule has 212 valence electrons. The van der Waals surface area contributed by atoms with Crippen LogP contribution in [0.3, 0.4) is 0 Å². The van der Waals surface area contributed by atoms with Crippen molar-refractivity contribution < 1.29 is 54.9 Å². The third-order valence-corrected chi connectivity index (χ3v) is 5.50. The van der Waals surface area contributed by atoms with Crippen molar-refractivity contribution in [3.8, 4) is 23.0 Å². The summed E-state index contributed by atoms with van der Waals surface area (Å²) < 4.78 is 98.7. The van der Waals surface area contributed by atoms with Gasteiger partial charge in [0.15, 0.2) is 22.9 Å². The Balaban J connectivity index is 1.76. The topological polar surface area (TPSA) is 109 Å². The number of anilines is 1. The van der Waals surface area contributed by atoms with Gasteiger partial charge in [0, 0.05) is 23.9 Å². The van der Waals surface area contributed by atoms with E-state index in [1.54, 1.807) is 0 Å². The van der Waals surface area contributed by atoms with Gasteiger partial charge in [-0.05, 0) is 43.2 Å². The van der Waals surface area contributed by atoms with Crippen LogP contribution in [0.1, 0.15) is 51.0 Å². The molecule has 40 heavy (non-hydrogen) atoms. The van der Waals surface area contributed by atoms with E-state index < -0.39 is 53.1 Å². The second-order valence-electron chi connectivity index (χ2n) is 8.38. The monoisotopic (exact) mass is 571 g/mol. The van der Waals surface area contributed by atoms with Crippen molar-refractivity contribution in [3.63, 3.8) is 0 Å². The van der Waals surface area contributed by atoms with E-state index in [2.05, 4.69) is 24.8 Å². The summed E-state index contributed by atoms with van der Waals surface area (Å²) >= 11 is 0. The fraction of sp³-hybridized carbons (Fsp3) is 0.280. The molecule has 0 aliphatic heterocycles. The first-order valence-corrected chi connectivity index (χ1v) is 11.4. The van der Waals surface area contributed by atoms with E-state index in [0.717, 1.165) is 32.4 Å². The van der Waals surface area contributed by atoms with Gasteiger partial charge in [0.25, 0.3) is 5.91 Å². The number of ether oxygens (including phenoxy) is 4. The number of alkyl halides is 6. The van der Waals surface area contributed by atoms with E-state index in [-0.39, 0.29) is 28.6 Å². The Morgan fingerprint density at radius 3 is 2.27 bits per heavy atom. The van der Waals surface area contributed by atoms with Gasteiger partial charge in [-0.25, -0.2) is 14.8 Å². The smallest absolute Gasteiger partial charge is 0.493 e. The van der Waals surface area contributed by atoms with Crippen LogP contribution in [0.2, 0.25) is 0 Å². The van der Waals surface area contributed by atoms with Crippen LogP contribution in [0.4, 0.5) is 32.0 Å². The van der Waals surface area contributed by atoms with Crippen LogP contribution < -0.4 is 19.5 Å². The Bertz CT molecular complexity index is 1440. The molecular weight excluding hydrogens is 552 g/mol. The quantitative estimate of drug-likeness (QED) is 0.255. The number of pyridine rings is 2. The van der Waals surface area contributed by atoms with Crippen LogP contribution in [0.15, 0.2) is 42.6 Å². The summed E-state index contributed by atoms with van der Waals surface area (Å²) in [5.41, 5.74) is -2.14. The minimum atomic E-state index is -5.01. The average molecular weight is 571 g/mol. The lowest BCUT2D eigenvalue weighted by Crippen LogP contribution is -2.19. The largest absolute Gasteiger partial charge is 0.573 e. The number of hydrogen-bond acceptors (Lipinski definition) is 8. The minimum Gasteiger partial charge on any atom is -0.493 e. The number of nitrogens with one attached hydrogen (secondary N) is 1. The van der Waals surface area contributed by atoms with Gasteiger partial charge in [-0.3, -0.25) is 4.79 Å². The van der Waals surface area contributed by atoms with E-state index in [9.17, 15) is 35.9 Å². The highest BCUT2D eigenvalue weighted by molar-refractivity contribution is 6.05. The molecule has 2 heterocycles. The highest BCUT2D eigenvalue weighted by Crippen LogP contribution is 2.47. The zero-order valence-electron chi connectivity index (χ0n) is 20.6. The van der Waals surface area contributed by atoms with E-state index in [0.29, 0.717) is 18.9 Å². The number of halogens is 6. The van der Waals surface area contributed by atoms with Crippen LogP contribution >= 0.6 is 0 Å². The van der Waals surface area contributed by atoms with Crippen LogP contribution in [0, 0.1) is 0 Å². The molecule has 1 amide bonds. The molecular formula is C25H19F6N3O6. The summed E-state index contributed by atoms with van der Waals surface area (Å²) in [5, 5.41) is 2.43. The lowest BCUT2D eigenvalue weighted by Gasteiger charge is -2.19. The molecule has 9 nitrogen and oxygen atoms in total. The molecule has 0 spiro atoms. The normalized spacial score (nSPS) is 13.4. The number of carbonyl (C=O) groups is 2. The Morgan fingerprint density at radius 1 is 0.950 bits per heavy atom. The van der Waals surface area contributed by atoms with E-state index >= 15 is 0 Å². The molecule has 1 aromatic carbocycles. The third kappa shape index (κ3) is 6.71. The van der Waals surface area contributed by atoms with Crippen molar-refractivity contribution in [2.75, 3.05) is 19.5 Å². The number of carbonyl (C=O) groups excluding carboxylic acids is 2. The molecule has 1 saturated carbocycles. The van der Waals surface area contributed by atoms with Crippen LogP contribution in [0.5, 0.6) is 23.0 Å². The first-order chi connectivity index (χ1) is 18.8. The summed E-state index contributed by atoms with van der Waals surface area (Å²) in [6.45, 7) is 0. The van der Waals surface area contributed by atoms with E-state index in [4.69, 9.17) is 9.47 Å². The number of rotatable bonds is 8. The summed E-state index contributed by atoms with van der Waals surface area (Å²) in [6, 6.07) is 5.73. The maximum atomic E-state index is 13.9. The fourth-order valence-corrected chi connectivity index (χ4v) is 3.61. The molecule has 15 heteroatoms. The molecule has 1 fully saturated rings. The van der Waals surface area contributed by atoms with Crippen LogP contribution in [-0.2, 0) is 10.9 Å². The fourth-order valence-electron chi connectivity index (χ4n) is 3.61. The molecule has 3 aromatic rings. The maximum Gasteiger partial charge on any atom is 0.573 e. The second kappa shape index (κ2) is 10.9. The van der Waals surface area contributed by atoms with Crippen molar-refractivity contribution >= 4 is 17.6 Å². The van der Waals surface area contributed by atoms with Crippen molar-refractivity contribution in [1.29, 1.82) is 0 Å². The third-order valence-electron chi connectivity index (χ3n) is 5.50. The lowest BCUT2D eigenvalue weighted by molar-refractivity contribution is -0.274. The number of amides is 1. The molecule has 2 aromatic heterocycles. The van der Waals surface area contributed by atoms with Gasteiger partial charge in [-0.15, -0.1) is 13.2 Å². The molecule has 0 radical (unpaired) electrons. The van der Waals surface area contributed by atoms with Crippen molar-refractivity contribution in [3.05, 3.63) is 65.2 Å². The minimum absolute atomic E-state index is 0.0484. The highest BCUT2D eigenvalue weighted by atomic mass is 19.4. The number of aromatic nitrogens is 2. The number of esters is 1. The first kappa shape index (κ1) is 28.4. The molecule has 0 atom stereocenters. The molecule has 0 bridgehead atoms. The lowest BCUT2D eigenvalue weighted by atomic mass is 10.1. The first-order valence-electron chi connectivity index (χ1n) is 11.4. The summed E-state index contributed by atoms with van der Waals surface area (Å²) in [6.07, 6.45) is -7.81. The van der Waals surface area contributed by atoms with Gasteiger partial charge < -0.3 is 24.3 Å². The van der Waals surface area contributed by atoms with Crippen molar-refractivity contribution in [2.24, 2.45) is 0 Å². The summed E-state index contributed by atoms with van der Waals surface area (Å²) in [4.78, 5) is 32.8. The van der Waals surface area contributed by atoms with E-state index in [1.165, 1.54) is 18.3 Å². The standard InChI is InChI=1S/C25H19F6N3O6/c1-37-18-10-14(40-25(29,30)31)5-6-17(18)39-19-11-15(24(26,27)28)20(12-3-4-12)34-21(19)22(35)33-13-7-8-32-16(9-13)23(36)38-2/h5-12H,3-4H2,1-2H3,(H,32,33,35). The molecule has 1 aliphatic carbocycles. The predicted molar refractivity (Wildman–Crippen MR) is 124 cm³/mol. The predicted octanol–water partition coefficient (Wildman–Crippen LogP) is 6.11. The highest BCUT2D eigenvalue weighted by Gasteiger charge is 2.41.